The molecule has 0 spiro atoms. The van der Waals surface area contributed by atoms with E-state index in [1.165, 1.54) is 13.8 Å². The molecule has 0 saturated carbocycles. The van der Waals surface area contributed by atoms with E-state index in [0.717, 1.165) is 0 Å². The predicted octanol–water partition coefficient (Wildman–Crippen LogP) is -0.193. The number of carbonyl (C=O) groups is 1. The third-order valence-electron chi connectivity index (χ3n) is 0.905. The molecule has 0 aliphatic carbocycles. The van der Waals surface area contributed by atoms with Gasteiger partial charge < -0.3 is 4.18 Å². The summed E-state index contributed by atoms with van der Waals surface area (Å²) < 4.78 is 25.3. The van der Waals surface area contributed by atoms with Crippen molar-refractivity contribution in [3.05, 3.63) is 12.2 Å². The molecule has 0 unspecified atom stereocenters. The Morgan fingerprint density at radius 2 is 1.92 bits per heavy atom. The van der Waals surface area contributed by atoms with Crippen molar-refractivity contribution in [2.75, 3.05) is 5.75 Å². The van der Waals surface area contributed by atoms with Crippen LogP contribution in [0.1, 0.15) is 13.8 Å². The van der Waals surface area contributed by atoms with Gasteiger partial charge in [0.1, 0.15) is 0 Å². The molecule has 0 aliphatic heterocycles. The fourth-order valence-electron chi connectivity index (χ4n) is 0.245. The molecule has 0 aromatic heterocycles. The zero-order valence-electron chi connectivity index (χ0n) is 6.46. The van der Waals surface area contributed by atoms with Crippen LogP contribution in [-0.2, 0) is 19.1 Å². The number of carbonyl (C=O) groups excluding carboxylic acids is 1. The molecule has 0 aromatic rings. The Bertz CT molecular complexity index is 267. The third kappa shape index (κ3) is 6.33. The van der Waals surface area contributed by atoms with E-state index in [2.05, 4.69) is 10.8 Å². The van der Waals surface area contributed by atoms with Crippen LogP contribution in [0.25, 0.3) is 0 Å². The van der Waals surface area contributed by atoms with E-state index in [1.807, 2.05) is 0 Å². The molecule has 0 heterocycles. The molecule has 0 radical (unpaired) electrons. The van der Waals surface area contributed by atoms with Gasteiger partial charge in [-0.3, -0.25) is 0 Å². The summed E-state index contributed by atoms with van der Waals surface area (Å²) in [5, 5.41) is 0. The maximum absolute atomic E-state index is 10.6. The Hall–Kier alpha value is 0.796. The topological polar surface area (TPSA) is 60.4 Å². The van der Waals surface area contributed by atoms with Crippen molar-refractivity contribution in [1.82, 2.24) is 0 Å². The molecule has 0 aliphatic rings. The van der Waals surface area contributed by atoms with Crippen molar-refractivity contribution < 1.29 is 17.4 Å². The summed E-state index contributed by atoms with van der Waals surface area (Å²) in [4.78, 5) is 10.6. The molecule has 0 saturated heterocycles. The number of rotatable bonds is 3. The summed E-state index contributed by atoms with van der Waals surface area (Å²) >= 11 is 0. The second-order valence-electron chi connectivity index (χ2n) is 2.00. The molecule has 6 heteroatoms. The van der Waals surface area contributed by atoms with Gasteiger partial charge in [0.05, 0.1) is 5.75 Å². The first kappa shape index (κ1) is 15.3. The molecular weight excluding hydrogens is 207 g/mol. The first-order valence-electron chi connectivity index (χ1n) is 3.01. The van der Waals surface area contributed by atoms with Crippen LogP contribution in [0.2, 0.25) is 0 Å². The van der Waals surface area contributed by atoms with Crippen molar-refractivity contribution >= 4 is 67.5 Å². The summed E-state index contributed by atoms with van der Waals surface area (Å²) in [7, 11) is -3.67. The summed E-state index contributed by atoms with van der Waals surface area (Å²) in [6, 6.07) is 0. The molecule has 0 atom stereocenters. The minimum absolute atomic E-state index is 0. The first-order chi connectivity index (χ1) is 4.89. The fraction of sp³-hybridized carbons (Fsp3) is 0.500. The zero-order chi connectivity index (χ0) is 9.07. The summed E-state index contributed by atoms with van der Waals surface area (Å²) in [5.41, 5.74) is 0.0713. The number of hydrogen-bond acceptors (Lipinski definition) is 4. The maximum atomic E-state index is 10.6. The molecule has 12 heavy (non-hydrogen) atoms. The average Bonchev–Trinajstić information content (AvgIpc) is 1.87. The molecule has 0 aromatic carbocycles. The van der Waals surface area contributed by atoms with Gasteiger partial charge in [0.2, 0.25) is 0 Å². The van der Waals surface area contributed by atoms with Crippen LogP contribution in [-0.4, -0.2) is 71.5 Å². The van der Waals surface area contributed by atoms with Gasteiger partial charge in [0, 0.05) is 5.57 Å². The summed E-state index contributed by atoms with van der Waals surface area (Å²) in [6.45, 7) is 6.01. The van der Waals surface area contributed by atoms with Gasteiger partial charge in [0.25, 0.3) is 0 Å². The summed E-state index contributed by atoms with van der Waals surface area (Å²) in [5.74, 6) is -1.11. The zero-order valence-corrected chi connectivity index (χ0v) is 7.27. The SMILES string of the molecule is C=C(C)C(=O)OS(=O)(=O)CC.[KH]. The quantitative estimate of drug-likeness (QED) is 0.374. The second kappa shape index (κ2) is 6.28. The Morgan fingerprint density at radius 3 is 2.17 bits per heavy atom. The van der Waals surface area contributed by atoms with E-state index in [0.29, 0.717) is 0 Å². The van der Waals surface area contributed by atoms with Gasteiger partial charge in [-0.2, -0.15) is 8.42 Å². The Balaban J connectivity index is 0. The molecule has 0 amide bonds. The fourth-order valence-corrected chi connectivity index (χ4v) is 0.736. The molecule has 0 rings (SSSR count). The van der Waals surface area contributed by atoms with Gasteiger partial charge in [-0.1, -0.05) is 6.58 Å². The third-order valence-corrected chi connectivity index (χ3v) is 2.02. The molecule has 4 nitrogen and oxygen atoms in total. The molecule has 66 valence electrons. The monoisotopic (exact) mass is 218 g/mol. The Morgan fingerprint density at radius 1 is 1.50 bits per heavy atom. The Kier molecular flexibility index (Phi) is 8.00. The van der Waals surface area contributed by atoms with Crippen LogP contribution >= 0.6 is 0 Å². The molecule has 0 fully saturated rings. The van der Waals surface area contributed by atoms with Gasteiger partial charge in [-0.25, -0.2) is 4.79 Å². The standard InChI is InChI=1S/C6H10O4S.K.H/c1-4-11(8,9)10-6(7)5(2)3;;/h2,4H2,1,3H3;;. The van der Waals surface area contributed by atoms with E-state index >= 15 is 0 Å². The van der Waals surface area contributed by atoms with Crippen LogP contribution in [0.5, 0.6) is 0 Å². The molecular formula is C6H11KO4S. The van der Waals surface area contributed by atoms with Gasteiger partial charge in [0.15, 0.2) is 0 Å². The van der Waals surface area contributed by atoms with E-state index < -0.39 is 16.1 Å². The molecule has 0 N–H and O–H groups in total. The number of hydrogen-bond donors (Lipinski definition) is 0. The van der Waals surface area contributed by atoms with Crippen molar-refractivity contribution in [1.29, 1.82) is 0 Å². The second-order valence-corrected chi connectivity index (χ2v) is 3.86. The van der Waals surface area contributed by atoms with Crippen molar-refractivity contribution in [2.24, 2.45) is 0 Å². The van der Waals surface area contributed by atoms with E-state index in [4.69, 9.17) is 0 Å². The van der Waals surface area contributed by atoms with Crippen LogP contribution in [0.15, 0.2) is 12.2 Å². The van der Waals surface area contributed by atoms with E-state index in [1.54, 1.807) is 0 Å². The first-order valence-corrected chi connectivity index (χ1v) is 4.58. The molecule has 0 bridgehead atoms. The normalized spacial score (nSPS) is 9.83. The Labute approximate surface area is 115 Å². The van der Waals surface area contributed by atoms with Crippen LogP contribution in [0.4, 0.5) is 0 Å². The minimum atomic E-state index is -3.67. The predicted molar refractivity (Wildman–Crippen MR) is 47.5 cm³/mol. The van der Waals surface area contributed by atoms with Crippen molar-refractivity contribution in [2.45, 2.75) is 13.8 Å². The van der Waals surface area contributed by atoms with Crippen LogP contribution < -0.4 is 0 Å². The van der Waals surface area contributed by atoms with Gasteiger partial charge in [-0.15, -0.1) is 0 Å². The summed E-state index contributed by atoms with van der Waals surface area (Å²) in [6.07, 6.45) is 0. The van der Waals surface area contributed by atoms with E-state index in [9.17, 15) is 13.2 Å². The van der Waals surface area contributed by atoms with Crippen LogP contribution in [0, 0.1) is 0 Å². The van der Waals surface area contributed by atoms with Gasteiger partial charge in [-0.05, 0) is 13.8 Å². The average molecular weight is 218 g/mol. The van der Waals surface area contributed by atoms with Crippen molar-refractivity contribution in [3.8, 4) is 0 Å². The van der Waals surface area contributed by atoms with Crippen LogP contribution in [0.3, 0.4) is 0 Å². The van der Waals surface area contributed by atoms with Gasteiger partial charge >= 0.3 is 67.5 Å². The van der Waals surface area contributed by atoms with E-state index in [-0.39, 0.29) is 62.7 Å². The van der Waals surface area contributed by atoms with Crippen molar-refractivity contribution in [3.63, 3.8) is 0 Å².